The zero-order chi connectivity index (χ0) is 11.1. The van der Waals surface area contributed by atoms with E-state index >= 15 is 0 Å². The summed E-state index contributed by atoms with van der Waals surface area (Å²) in [5, 5.41) is 0. The van der Waals surface area contributed by atoms with Gasteiger partial charge in [0.15, 0.2) is 0 Å². The smallest absolute Gasteiger partial charge is 0.0920 e. The molecule has 1 saturated heterocycles. The summed E-state index contributed by atoms with van der Waals surface area (Å²) < 4.78 is 5.33. The average Bonchev–Trinajstić information content (AvgIpc) is 2.60. The quantitative estimate of drug-likeness (QED) is 0.748. The van der Waals surface area contributed by atoms with Crippen molar-refractivity contribution < 1.29 is 4.74 Å². The molecule has 0 amide bonds. The van der Waals surface area contributed by atoms with Gasteiger partial charge in [-0.1, -0.05) is 6.07 Å². The topological polar surface area (TPSA) is 15.7 Å². The maximum Gasteiger partial charge on any atom is 0.0920 e. The zero-order valence-corrected chi connectivity index (χ0v) is 9.94. The minimum atomic E-state index is 0.426. The molecule has 0 aliphatic carbocycles. The van der Waals surface area contributed by atoms with Gasteiger partial charge in [-0.05, 0) is 18.6 Å². The highest BCUT2D eigenvalue weighted by molar-refractivity contribution is 5.71. The number of fused-ring (bicyclic) bond motifs is 1. The van der Waals surface area contributed by atoms with Crippen molar-refractivity contribution in [2.45, 2.75) is 12.5 Å². The molecule has 86 valence electrons. The number of nitrogens with zero attached hydrogens (tertiary/aromatic N) is 2. The molecular weight excluding hydrogens is 200 g/mol. The van der Waals surface area contributed by atoms with Crippen LogP contribution in [0.2, 0.25) is 0 Å². The molecule has 0 saturated carbocycles. The van der Waals surface area contributed by atoms with E-state index in [1.807, 2.05) is 0 Å². The van der Waals surface area contributed by atoms with Crippen molar-refractivity contribution in [2.75, 3.05) is 43.6 Å². The first-order valence-corrected chi connectivity index (χ1v) is 5.90. The van der Waals surface area contributed by atoms with E-state index in [9.17, 15) is 0 Å². The highest BCUT2D eigenvalue weighted by Crippen LogP contribution is 2.36. The normalized spacial score (nSPS) is 19.9. The fraction of sp³-hybridized carbons (Fsp3) is 0.538. The number of hydrogen-bond acceptors (Lipinski definition) is 3. The molecule has 0 N–H and O–H groups in total. The summed E-state index contributed by atoms with van der Waals surface area (Å²) in [5.41, 5.74) is 4.33. The van der Waals surface area contributed by atoms with Crippen molar-refractivity contribution in [1.29, 1.82) is 0 Å². The summed E-state index contributed by atoms with van der Waals surface area (Å²) >= 11 is 0. The van der Waals surface area contributed by atoms with Gasteiger partial charge in [-0.2, -0.15) is 0 Å². The van der Waals surface area contributed by atoms with Crippen molar-refractivity contribution in [3.63, 3.8) is 0 Å². The van der Waals surface area contributed by atoms with E-state index in [1.165, 1.54) is 23.4 Å². The number of benzene rings is 1. The molecule has 0 bridgehead atoms. The summed E-state index contributed by atoms with van der Waals surface area (Å²) in [5.74, 6) is 0. The summed E-state index contributed by atoms with van der Waals surface area (Å²) in [4.78, 5) is 4.76. The van der Waals surface area contributed by atoms with E-state index < -0.39 is 0 Å². The first-order chi connectivity index (χ1) is 7.79. The Labute approximate surface area is 96.6 Å². The predicted octanol–water partition coefficient (Wildman–Crippen LogP) is 1.51. The Kier molecular flexibility index (Phi) is 2.28. The van der Waals surface area contributed by atoms with Crippen molar-refractivity contribution in [3.8, 4) is 0 Å². The third-order valence-corrected chi connectivity index (χ3v) is 3.76. The van der Waals surface area contributed by atoms with Gasteiger partial charge in [0.25, 0.3) is 0 Å². The molecule has 1 aromatic carbocycles. The molecule has 2 aliphatic rings. The van der Waals surface area contributed by atoms with Crippen molar-refractivity contribution in [1.82, 2.24) is 0 Å². The van der Waals surface area contributed by atoms with Crippen LogP contribution in [0.25, 0.3) is 0 Å². The molecule has 0 atom stereocenters. The Morgan fingerprint density at radius 2 is 2.00 bits per heavy atom. The molecule has 3 nitrogen and oxygen atoms in total. The molecule has 3 rings (SSSR count). The molecule has 2 aliphatic heterocycles. The predicted molar refractivity (Wildman–Crippen MR) is 66.4 cm³/mol. The number of hydrogen-bond donors (Lipinski definition) is 0. The highest BCUT2D eigenvalue weighted by Gasteiger charge is 2.30. The van der Waals surface area contributed by atoms with Crippen molar-refractivity contribution >= 4 is 11.4 Å². The lowest BCUT2D eigenvalue weighted by molar-refractivity contribution is 0.0787. The van der Waals surface area contributed by atoms with Gasteiger partial charge in [-0.25, -0.2) is 0 Å². The van der Waals surface area contributed by atoms with E-state index in [0.29, 0.717) is 6.10 Å². The molecule has 1 fully saturated rings. The molecule has 0 radical (unpaired) electrons. The Balaban J connectivity index is 1.87. The second kappa shape index (κ2) is 3.67. The number of methoxy groups -OCH3 is 1. The Morgan fingerprint density at radius 3 is 2.75 bits per heavy atom. The monoisotopic (exact) mass is 218 g/mol. The Bertz CT molecular complexity index is 399. The van der Waals surface area contributed by atoms with Gasteiger partial charge < -0.3 is 14.5 Å². The lowest BCUT2D eigenvalue weighted by Crippen LogP contribution is -2.52. The number of rotatable bonds is 2. The Hall–Kier alpha value is -1.22. The van der Waals surface area contributed by atoms with Gasteiger partial charge >= 0.3 is 0 Å². The van der Waals surface area contributed by atoms with Crippen molar-refractivity contribution in [2.24, 2.45) is 0 Å². The number of likely N-dealkylation sites (N-methyl/N-ethyl adjacent to an activating group) is 1. The zero-order valence-electron chi connectivity index (χ0n) is 9.94. The van der Waals surface area contributed by atoms with E-state index in [0.717, 1.165) is 19.6 Å². The van der Waals surface area contributed by atoms with Crippen LogP contribution in [0.5, 0.6) is 0 Å². The van der Waals surface area contributed by atoms with Crippen LogP contribution in [0.1, 0.15) is 5.56 Å². The lowest BCUT2D eigenvalue weighted by atomic mass is 10.0. The first-order valence-electron chi connectivity index (χ1n) is 5.90. The third-order valence-electron chi connectivity index (χ3n) is 3.76. The van der Waals surface area contributed by atoms with E-state index in [-0.39, 0.29) is 0 Å². The molecule has 1 aromatic rings. The first kappa shape index (κ1) is 9.97. The minimum absolute atomic E-state index is 0.426. The van der Waals surface area contributed by atoms with Crippen LogP contribution < -0.4 is 9.80 Å². The van der Waals surface area contributed by atoms with Crippen LogP contribution in [-0.4, -0.2) is 39.9 Å². The summed E-state index contributed by atoms with van der Waals surface area (Å²) in [7, 11) is 3.97. The maximum atomic E-state index is 5.33. The van der Waals surface area contributed by atoms with Crippen LogP contribution in [0, 0.1) is 0 Å². The standard InChI is InChI=1S/C13H18N2O/c1-14-7-6-11-12(14)4-3-5-13(11)15-8-10(9-15)16-2/h3-5,10H,6-9H2,1-2H3. The summed E-state index contributed by atoms with van der Waals surface area (Å²) in [6, 6.07) is 6.62. The molecule has 0 spiro atoms. The number of ether oxygens (including phenoxy) is 1. The Morgan fingerprint density at radius 1 is 1.25 bits per heavy atom. The minimum Gasteiger partial charge on any atom is -0.378 e. The lowest BCUT2D eigenvalue weighted by Gasteiger charge is -2.41. The fourth-order valence-corrected chi connectivity index (χ4v) is 2.66. The molecule has 16 heavy (non-hydrogen) atoms. The molecule has 3 heteroatoms. The van der Waals surface area contributed by atoms with E-state index in [1.54, 1.807) is 7.11 Å². The van der Waals surface area contributed by atoms with Gasteiger partial charge in [-0.3, -0.25) is 0 Å². The van der Waals surface area contributed by atoms with Gasteiger partial charge in [0.05, 0.1) is 6.10 Å². The fourth-order valence-electron chi connectivity index (χ4n) is 2.66. The summed E-state index contributed by atoms with van der Waals surface area (Å²) in [6.07, 6.45) is 1.60. The molecule has 0 unspecified atom stereocenters. The highest BCUT2D eigenvalue weighted by atomic mass is 16.5. The van der Waals surface area contributed by atoms with Gasteiger partial charge in [-0.15, -0.1) is 0 Å². The van der Waals surface area contributed by atoms with Crippen LogP contribution in [0.15, 0.2) is 18.2 Å². The second-order valence-electron chi connectivity index (χ2n) is 4.71. The van der Waals surface area contributed by atoms with Gasteiger partial charge in [0.1, 0.15) is 0 Å². The van der Waals surface area contributed by atoms with Crippen molar-refractivity contribution in [3.05, 3.63) is 23.8 Å². The third kappa shape index (κ3) is 1.39. The molecular formula is C13H18N2O. The van der Waals surface area contributed by atoms with Gasteiger partial charge in [0.2, 0.25) is 0 Å². The maximum absolute atomic E-state index is 5.33. The summed E-state index contributed by atoms with van der Waals surface area (Å²) in [6.45, 7) is 3.22. The van der Waals surface area contributed by atoms with E-state index in [4.69, 9.17) is 4.74 Å². The van der Waals surface area contributed by atoms with E-state index in [2.05, 4.69) is 35.0 Å². The molecule has 2 heterocycles. The van der Waals surface area contributed by atoms with Crippen LogP contribution in [0.4, 0.5) is 11.4 Å². The average molecular weight is 218 g/mol. The van der Waals surface area contributed by atoms with Crippen LogP contribution >= 0.6 is 0 Å². The number of anilines is 2. The van der Waals surface area contributed by atoms with Crippen LogP contribution in [0.3, 0.4) is 0 Å². The van der Waals surface area contributed by atoms with Gasteiger partial charge in [0, 0.05) is 50.7 Å². The molecule has 0 aromatic heterocycles. The largest absolute Gasteiger partial charge is 0.378 e. The second-order valence-corrected chi connectivity index (χ2v) is 4.71. The SMILES string of the molecule is COC1CN(c2cccc3c2CCN3C)C1. The van der Waals surface area contributed by atoms with Crippen LogP contribution in [-0.2, 0) is 11.2 Å².